The molecule has 1 saturated heterocycles. The van der Waals surface area contributed by atoms with Gasteiger partial charge in [-0.25, -0.2) is 9.48 Å². The highest BCUT2D eigenvalue weighted by Gasteiger charge is 2.34. The van der Waals surface area contributed by atoms with Crippen molar-refractivity contribution in [1.29, 1.82) is 0 Å². The molecule has 5 rings (SSSR count). The highest BCUT2D eigenvalue weighted by atomic mass is 16.5. The summed E-state index contributed by atoms with van der Waals surface area (Å²) in [6.07, 6.45) is 9.96. The second kappa shape index (κ2) is 16.7. The van der Waals surface area contributed by atoms with Crippen LogP contribution in [0.25, 0.3) is 5.57 Å². The molecule has 2 aromatic carbocycles. The lowest BCUT2D eigenvalue weighted by atomic mass is 9.75. The summed E-state index contributed by atoms with van der Waals surface area (Å²) in [6.45, 7) is 4.84. The summed E-state index contributed by atoms with van der Waals surface area (Å²) in [5.41, 5.74) is 5.69. The number of carbonyl (C=O) groups is 1. The molecule has 1 atom stereocenters. The molecule has 1 aliphatic heterocycles. The van der Waals surface area contributed by atoms with Gasteiger partial charge in [0, 0.05) is 43.9 Å². The number of nitrogens with zero attached hydrogens (tertiary/aromatic N) is 3. The lowest BCUT2D eigenvalue weighted by Gasteiger charge is -2.36. The van der Waals surface area contributed by atoms with Gasteiger partial charge in [-0.1, -0.05) is 66.7 Å². The largest absolute Gasteiger partial charge is 0.448 e. The van der Waals surface area contributed by atoms with Crippen molar-refractivity contribution in [2.75, 3.05) is 47.1 Å². The smallest absolute Gasteiger partial charge is 0.406 e. The number of benzene rings is 2. The summed E-state index contributed by atoms with van der Waals surface area (Å²) < 4.78 is 26.0. The maximum atomic E-state index is 11.5. The minimum atomic E-state index is -0.414. The molecule has 0 bridgehead atoms. The van der Waals surface area contributed by atoms with Crippen LogP contribution >= 0.6 is 0 Å². The van der Waals surface area contributed by atoms with Gasteiger partial charge in [0.1, 0.15) is 12.8 Å². The van der Waals surface area contributed by atoms with Gasteiger partial charge >= 0.3 is 6.09 Å². The minimum absolute atomic E-state index is 0.0332. The first-order valence-electron chi connectivity index (χ1n) is 16.2. The average molecular weight is 617 g/mol. The van der Waals surface area contributed by atoms with Gasteiger partial charge in [0.25, 0.3) is 0 Å². The first-order valence-corrected chi connectivity index (χ1v) is 16.2. The second-order valence-electron chi connectivity index (χ2n) is 12.3. The fourth-order valence-electron chi connectivity index (χ4n) is 6.01. The van der Waals surface area contributed by atoms with Crippen LogP contribution in [0.3, 0.4) is 0 Å². The fourth-order valence-corrected chi connectivity index (χ4v) is 6.01. The van der Waals surface area contributed by atoms with E-state index in [4.69, 9.17) is 24.0 Å². The number of nitrogens with one attached hydrogen (secondary N) is 1. The molecule has 2 heterocycles. The lowest BCUT2D eigenvalue weighted by Crippen LogP contribution is -2.34. The number of alkyl carbamates (subject to hydrolysis) is 1. The van der Waals surface area contributed by atoms with E-state index < -0.39 is 6.09 Å². The number of aromatic nitrogens is 2. The molecule has 1 aromatic heterocycles. The molecule has 0 saturated carbocycles. The van der Waals surface area contributed by atoms with Crippen LogP contribution in [0.15, 0.2) is 72.9 Å². The zero-order valence-corrected chi connectivity index (χ0v) is 26.8. The number of hydrogen-bond acceptors (Lipinski definition) is 7. The van der Waals surface area contributed by atoms with Crippen LogP contribution in [-0.4, -0.2) is 67.8 Å². The molecule has 1 unspecified atom stereocenters. The van der Waals surface area contributed by atoms with Gasteiger partial charge in [-0.2, -0.15) is 5.10 Å². The van der Waals surface area contributed by atoms with Crippen molar-refractivity contribution in [2.45, 2.75) is 64.5 Å². The van der Waals surface area contributed by atoms with E-state index in [1.165, 1.54) is 16.7 Å². The van der Waals surface area contributed by atoms with Crippen LogP contribution in [0.5, 0.6) is 0 Å². The molecular formula is C36H48N4O5. The van der Waals surface area contributed by atoms with Crippen molar-refractivity contribution >= 4 is 11.7 Å². The van der Waals surface area contributed by atoms with Crippen molar-refractivity contribution < 1.29 is 23.7 Å². The lowest BCUT2D eigenvalue weighted by molar-refractivity contribution is -0.0397. The molecular weight excluding hydrogens is 568 g/mol. The molecule has 9 nitrogen and oxygen atoms in total. The van der Waals surface area contributed by atoms with E-state index in [1.54, 1.807) is 7.05 Å². The molecule has 9 heteroatoms. The van der Waals surface area contributed by atoms with E-state index in [0.717, 1.165) is 56.4 Å². The van der Waals surface area contributed by atoms with Crippen LogP contribution in [0.2, 0.25) is 0 Å². The van der Waals surface area contributed by atoms with Crippen molar-refractivity contribution in [1.82, 2.24) is 20.0 Å². The van der Waals surface area contributed by atoms with Crippen LogP contribution in [0.1, 0.15) is 67.1 Å². The highest BCUT2D eigenvalue weighted by Crippen LogP contribution is 2.41. The molecule has 242 valence electrons. The predicted octanol–water partition coefficient (Wildman–Crippen LogP) is 6.36. The summed E-state index contributed by atoms with van der Waals surface area (Å²) in [5, 5.41) is 7.62. The first-order chi connectivity index (χ1) is 22.0. The van der Waals surface area contributed by atoms with Crippen LogP contribution in [-0.2, 0) is 38.7 Å². The molecule has 0 radical (unpaired) electrons. The Labute approximate surface area is 267 Å². The maximum absolute atomic E-state index is 11.5. The van der Waals surface area contributed by atoms with Gasteiger partial charge < -0.3 is 24.3 Å². The van der Waals surface area contributed by atoms with E-state index in [0.29, 0.717) is 46.1 Å². The minimum Gasteiger partial charge on any atom is -0.448 e. The van der Waals surface area contributed by atoms with Crippen LogP contribution < -0.4 is 5.32 Å². The Morgan fingerprint density at radius 2 is 1.73 bits per heavy atom. The van der Waals surface area contributed by atoms with E-state index in [1.807, 2.05) is 23.9 Å². The molecule has 45 heavy (non-hydrogen) atoms. The Morgan fingerprint density at radius 3 is 2.31 bits per heavy atom. The maximum Gasteiger partial charge on any atom is 0.406 e. The SMILES string of the molecule is CNC(=O)OCCN(C)Cc1cn(C2CCCCO2)nc1C1=CCC(COCc2ccccc2)(COCc2ccccc2)CC1. The summed E-state index contributed by atoms with van der Waals surface area (Å²) in [7, 11) is 3.61. The summed E-state index contributed by atoms with van der Waals surface area (Å²) >= 11 is 0. The zero-order valence-electron chi connectivity index (χ0n) is 26.8. The van der Waals surface area contributed by atoms with Crippen molar-refractivity contribution in [3.63, 3.8) is 0 Å². The molecule has 3 aromatic rings. The third kappa shape index (κ3) is 9.74. The highest BCUT2D eigenvalue weighted by molar-refractivity contribution is 5.67. The molecule has 2 aliphatic rings. The monoisotopic (exact) mass is 616 g/mol. The van der Waals surface area contributed by atoms with E-state index >= 15 is 0 Å². The fraction of sp³-hybridized carbons (Fsp3) is 0.500. The van der Waals surface area contributed by atoms with Crippen LogP contribution in [0.4, 0.5) is 4.79 Å². The normalized spacial score (nSPS) is 18.0. The number of rotatable bonds is 15. The van der Waals surface area contributed by atoms with Gasteiger partial charge in [0.15, 0.2) is 0 Å². The van der Waals surface area contributed by atoms with Gasteiger partial charge in [0.2, 0.25) is 0 Å². The molecule has 1 N–H and O–H groups in total. The number of allylic oxidation sites excluding steroid dienone is 2. The molecule has 0 spiro atoms. The Bertz CT molecular complexity index is 1310. The zero-order chi connectivity index (χ0) is 31.3. The molecule has 1 aliphatic carbocycles. The van der Waals surface area contributed by atoms with E-state index in [2.05, 4.69) is 71.0 Å². The number of likely N-dealkylation sites (N-methyl/N-ethyl adjacent to an activating group) is 1. The second-order valence-corrected chi connectivity index (χ2v) is 12.3. The van der Waals surface area contributed by atoms with Gasteiger partial charge in [-0.15, -0.1) is 0 Å². The summed E-state index contributed by atoms with van der Waals surface area (Å²) in [6, 6.07) is 20.7. The third-order valence-electron chi connectivity index (χ3n) is 8.66. The van der Waals surface area contributed by atoms with E-state index in [-0.39, 0.29) is 11.6 Å². The Morgan fingerprint density at radius 1 is 1.04 bits per heavy atom. The number of ether oxygens (including phenoxy) is 4. The third-order valence-corrected chi connectivity index (χ3v) is 8.66. The quantitative estimate of drug-likeness (QED) is 0.213. The number of hydrogen-bond donors (Lipinski definition) is 1. The summed E-state index contributed by atoms with van der Waals surface area (Å²) in [5.74, 6) is 0. The average Bonchev–Trinajstić information content (AvgIpc) is 3.50. The number of amides is 1. The predicted molar refractivity (Wildman–Crippen MR) is 174 cm³/mol. The molecule has 1 amide bonds. The summed E-state index contributed by atoms with van der Waals surface area (Å²) in [4.78, 5) is 13.7. The van der Waals surface area contributed by atoms with Crippen molar-refractivity contribution in [2.24, 2.45) is 5.41 Å². The van der Waals surface area contributed by atoms with Crippen molar-refractivity contribution in [3.8, 4) is 0 Å². The Hall–Kier alpha value is -3.50. The van der Waals surface area contributed by atoms with Gasteiger partial charge in [-0.3, -0.25) is 4.90 Å². The van der Waals surface area contributed by atoms with Gasteiger partial charge in [0.05, 0.1) is 32.1 Å². The van der Waals surface area contributed by atoms with Crippen LogP contribution in [0, 0.1) is 5.41 Å². The topological polar surface area (TPSA) is 87.1 Å². The standard InChI is InChI=1S/C36H48N4O5/c1-37-35(41)45-22-20-39(2)23-32-24-40(33-15-9-10-21-44-33)38-34(32)31-16-18-36(19-17-31,27-42-25-29-11-5-3-6-12-29)28-43-26-30-13-7-4-8-14-30/h3-8,11-14,16,24,33H,9-10,15,17-23,25-28H2,1-2H3,(H,37,41). The first kappa shape index (κ1) is 32.9. The number of carbonyl (C=O) groups excluding carboxylic acids is 1. The van der Waals surface area contributed by atoms with Gasteiger partial charge in [-0.05, 0) is 62.3 Å². The van der Waals surface area contributed by atoms with Crippen molar-refractivity contribution in [3.05, 3.63) is 95.3 Å². The Kier molecular flexibility index (Phi) is 12.2. The Balaban J connectivity index is 1.30. The van der Waals surface area contributed by atoms with E-state index in [9.17, 15) is 4.79 Å². The molecule has 1 fully saturated rings.